The van der Waals surface area contributed by atoms with E-state index in [2.05, 4.69) is 35.5 Å². The Balaban J connectivity index is 1.71. The average molecular weight is 216 g/mol. The second-order valence-electron chi connectivity index (χ2n) is 5.27. The van der Waals surface area contributed by atoms with Crippen LogP contribution < -0.4 is 5.32 Å². The van der Waals surface area contributed by atoms with Gasteiger partial charge in [-0.15, -0.1) is 0 Å². The number of benzene rings is 1. The minimum Gasteiger partial charge on any atom is -0.384 e. The SMILES string of the molecule is CN(Cc1cccc2c1NCC2)CC1CC1. The van der Waals surface area contributed by atoms with Gasteiger partial charge < -0.3 is 10.2 Å². The zero-order chi connectivity index (χ0) is 11.0. The topological polar surface area (TPSA) is 15.3 Å². The Morgan fingerprint density at radius 2 is 2.25 bits per heavy atom. The molecule has 0 atom stereocenters. The molecule has 0 saturated heterocycles. The summed E-state index contributed by atoms with van der Waals surface area (Å²) in [7, 11) is 2.24. The fourth-order valence-electron chi connectivity index (χ4n) is 2.64. The first-order valence-corrected chi connectivity index (χ1v) is 6.36. The van der Waals surface area contributed by atoms with E-state index < -0.39 is 0 Å². The van der Waals surface area contributed by atoms with Gasteiger partial charge in [0.2, 0.25) is 0 Å². The average Bonchev–Trinajstić information content (AvgIpc) is 2.94. The second-order valence-corrected chi connectivity index (χ2v) is 5.27. The molecule has 1 N–H and O–H groups in total. The van der Waals surface area contributed by atoms with Crippen LogP contribution in [0, 0.1) is 5.92 Å². The van der Waals surface area contributed by atoms with E-state index in [1.807, 2.05) is 0 Å². The van der Waals surface area contributed by atoms with Gasteiger partial charge in [0.25, 0.3) is 0 Å². The van der Waals surface area contributed by atoms with Crippen molar-refractivity contribution in [1.82, 2.24) is 4.90 Å². The quantitative estimate of drug-likeness (QED) is 0.832. The van der Waals surface area contributed by atoms with Gasteiger partial charge in [-0.05, 0) is 43.4 Å². The van der Waals surface area contributed by atoms with E-state index in [-0.39, 0.29) is 0 Å². The highest BCUT2D eigenvalue weighted by Crippen LogP contribution is 2.31. The second kappa shape index (κ2) is 4.10. The molecule has 1 aromatic carbocycles. The molecular weight excluding hydrogens is 196 g/mol. The lowest BCUT2D eigenvalue weighted by Gasteiger charge is -2.18. The van der Waals surface area contributed by atoms with Gasteiger partial charge in [-0.2, -0.15) is 0 Å². The van der Waals surface area contributed by atoms with Crippen LogP contribution in [-0.2, 0) is 13.0 Å². The summed E-state index contributed by atoms with van der Waals surface area (Å²) in [6.07, 6.45) is 4.07. The Labute approximate surface area is 97.6 Å². The summed E-state index contributed by atoms with van der Waals surface area (Å²) >= 11 is 0. The molecule has 0 aromatic heterocycles. The van der Waals surface area contributed by atoms with Crippen molar-refractivity contribution in [3.63, 3.8) is 0 Å². The van der Waals surface area contributed by atoms with E-state index in [1.165, 1.54) is 42.6 Å². The molecule has 0 bridgehead atoms. The molecule has 2 heteroatoms. The fraction of sp³-hybridized carbons (Fsp3) is 0.571. The summed E-state index contributed by atoms with van der Waals surface area (Å²) in [5, 5.41) is 3.52. The molecule has 16 heavy (non-hydrogen) atoms. The Hall–Kier alpha value is -1.02. The third-order valence-corrected chi connectivity index (χ3v) is 3.64. The van der Waals surface area contributed by atoms with Crippen molar-refractivity contribution in [3.05, 3.63) is 29.3 Å². The number of nitrogens with one attached hydrogen (secondary N) is 1. The number of hydrogen-bond donors (Lipinski definition) is 1. The van der Waals surface area contributed by atoms with E-state index >= 15 is 0 Å². The van der Waals surface area contributed by atoms with E-state index in [9.17, 15) is 0 Å². The van der Waals surface area contributed by atoms with Crippen LogP contribution in [0.2, 0.25) is 0 Å². The Bertz CT molecular complexity index is 382. The number of para-hydroxylation sites is 1. The maximum atomic E-state index is 3.52. The lowest BCUT2D eigenvalue weighted by Crippen LogP contribution is -2.20. The molecule has 2 aliphatic rings. The van der Waals surface area contributed by atoms with Crippen molar-refractivity contribution in [2.75, 3.05) is 25.5 Å². The Morgan fingerprint density at radius 3 is 3.06 bits per heavy atom. The van der Waals surface area contributed by atoms with Crippen molar-refractivity contribution in [3.8, 4) is 0 Å². The Kier molecular flexibility index (Phi) is 2.60. The predicted molar refractivity (Wildman–Crippen MR) is 67.7 cm³/mol. The molecule has 0 spiro atoms. The molecular formula is C14H20N2. The van der Waals surface area contributed by atoms with Gasteiger partial charge in [-0.3, -0.25) is 0 Å². The highest BCUT2D eigenvalue weighted by molar-refractivity contribution is 5.61. The van der Waals surface area contributed by atoms with Crippen molar-refractivity contribution in [2.24, 2.45) is 5.92 Å². The van der Waals surface area contributed by atoms with E-state index in [1.54, 1.807) is 0 Å². The van der Waals surface area contributed by atoms with Gasteiger partial charge >= 0.3 is 0 Å². The molecule has 1 aliphatic carbocycles. The van der Waals surface area contributed by atoms with Crippen LogP contribution in [0.25, 0.3) is 0 Å². The van der Waals surface area contributed by atoms with Gasteiger partial charge in [0.05, 0.1) is 0 Å². The number of rotatable bonds is 4. The van der Waals surface area contributed by atoms with E-state index in [4.69, 9.17) is 0 Å². The third kappa shape index (κ3) is 2.07. The summed E-state index contributed by atoms with van der Waals surface area (Å²) in [5.41, 5.74) is 4.38. The molecule has 0 amide bonds. The van der Waals surface area contributed by atoms with E-state index in [0.717, 1.165) is 19.0 Å². The van der Waals surface area contributed by atoms with Crippen LogP contribution in [-0.4, -0.2) is 25.0 Å². The summed E-state index contributed by atoms with van der Waals surface area (Å²) in [6.45, 7) is 3.47. The van der Waals surface area contributed by atoms with Crippen LogP contribution in [0.1, 0.15) is 24.0 Å². The number of hydrogen-bond acceptors (Lipinski definition) is 2. The molecule has 0 unspecified atom stereocenters. The standard InChI is InChI=1S/C14H20N2/c1-16(9-11-5-6-11)10-13-4-2-3-12-7-8-15-14(12)13/h2-4,11,15H,5-10H2,1H3. The summed E-state index contributed by atoms with van der Waals surface area (Å²) in [6, 6.07) is 6.71. The minimum atomic E-state index is 0.981. The lowest BCUT2D eigenvalue weighted by atomic mass is 10.1. The van der Waals surface area contributed by atoms with Gasteiger partial charge in [0, 0.05) is 25.3 Å². The minimum absolute atomic E-state index is 0.981. The normalized spacial score (nSPS) is 18.6. The van der Waals surface area contributed by atoms with Crippen LogP contribution in [0.3, 0.4) is 0 Å². The summed E-state index contributed by atoms with van der Waals surface area (Å²) < 4.78 is 0. The van der Waals surface area contributed by atoms with Gasteiger partial charge in [0.15, 0.2) is 0 Å². The van der Waals surface area contributed by atoms with Crippen LogP contribution in [0.15, 0.2) is 18.2 Å². The molecule has 1 fully saturated rings. The monoisotopic (exact) mass is 216 g/mol. The fourth-order valence-corrected chi connectivity index (χ4v) is 2.64. The van der Waals surface area contributed by atoms with Gasteiger partial charge in [0.1, 0.15) is 0 Å². The summed E-state index contributed by atoms with van der Waals surface area (Å²) in [5.74, 6) is 0.981. The van der Waals surface area contributed by atoms with Crippen molar-refractivity contribution in [1.29, 1.82) is 0 Å². The zero-order valence-corrected chi connectivity index (χ0v) is 10.00. The summed E-state index contributed by atoms with van der Waals surface area (Å²) in [4.78, 5) is 2.47. The highest BCUT2D eigenvalue weighted by atomic mass is 15.1. The molecule has 1 saturated carbocycles. The van der Waals surface area contributed by atoms with Crippen molar-refractivity contribution < 1.29 is 0 Å². The molecule has 2 nitrogen and oxygen atoms in total. The van der Waals surface area contributed by atoms with Gasteiger partial charge in [-0.25, -0.2) is 0 Å². The molecule has 1 aromatic rings. The van der Waals surface area contributed by atoms with E-state index in [0.29, 0.717) is 0 Å². The first kappa shape index (κ1) is 10.2. The Morgan fingerprint density at radius 1 is 1.38 bits per heavy atom. The maximum Gasteiger partial charge on any atom is 0.0419 e. The molecule has 1 aliphatic heterocycles. The molecule has 1 heterocycles. The highest BCUT2D eigenvalue weighted by Gasteiger charge is 2.23. The zero-order valence-electron chi connectivity index (χ0n) is 10.00. The molecule has 0 radical (unpaired) electrons. The number of anilines is 1. The van der Waals surface area contributed by atoms with Crippen molar-refractivity contribution >= 4 is 5.69 Å². The smallest absolute Gasteiger partial charge is 0.0419 e. The predicted octanol–water partition coefficient (Wildman–Crippen LogP) is 2.50. The number of nitrogens with zero attached hydrogens (tertiary/aromatic N) is 1. The van der Waals surface area contributed by atoms with Crippen LogP contribution in [0.4, 0.5) is 5.69 Å². The first-order valence-electron chi connectivity index (χ1n) is 6.36. The molecule has 3 rings (SSSR count). The van der Waals surface area contributed by atoms with Crippen LogP contribution in [0.5, 0.6) is 0 Å². The first-order chi connectivity index (χ1) is 7.83. The number of fused-ring (bicyclic) bond motifs is 1. The van der Waals surface area contributed by atoms with Crippen LogP contribution >= 0.6 is 0 Å². The van der Waals surface area contributed by atoms with Gasteiger partial charge in [-0.1, -0.05) is 18.2 Å². The molecule has 86 valence electrons. The van der Waals surface area contributed by atoms with Crippen molar-refractivity contribution in [2.45, 2.75) is 25.8 Å². The largest absolute Gasteiger partial charge is 0.384 e. The third-order valence-electron chi connectivity index (χ3n) is 3.64. The maximum absolute atomic E-state index is 3.52. The lowest BCUT2D eigenvalue weighted by molar-refractivity contribution is 0.313.